The van der Waals surface area contributed by atoms with Gasteiger partial charge >= 0.3 is 10.8 Å². The molecule has 0 atom stereocenters. The third-order valence-corrected chi connectivity index (χ3v) is 6.68. The van der Waals surface area contributed by atoms with Crippen LogP contribution in [0.1, 0.15) is 51.5 Å². The summed E-state index contributed by atoms with van der Waals surface area (Å²) in [5.74, 6) is 0.160. The number of esters is 1. The van der Waals surface area contributed by atoms with Gasteiger partial charge in [0.25, 0.3) is 0 Å². The average Bonchev–Trinajstić information content (AvgIpc) is 3.59. The molecule has 0 amide bonds. The molecule has 5 nitrogen and oxygen atoms in total. The minimum absolute atomic E-state index is 0.0261. The summed E-state index contributed by atoms with van der Waals surface area (Å²) in [5.41, 5.74) is 5.37. The van der Waals surface area contributed by atoms with Crippen LogP contribution in [-0.4, -0.2) is 22.6 Å². The number of fused-ring (bicyclic) bond motifs is 1. The van der Waals surface area contributed by atoms with Crippen LogP contribution in [0.15, 0.2) is 65.6 Å². The van der Waals surface area contributed by atoms with Crippen molar-refractivity contribution in [3.63, 3.8) is 0 Å². The Morgan fingerprint density at radius 3 is 2.68 bits per heavy atom. The molecule has 5 rings (SSSR count). The van der Waals surface area contributed by atoms with E-state index < -0.39 is 0 Å². The second-order valence-corrected chi connectivity index (χ2v) is 8.94. The van der Waals surface area contributed by atoms with E-state index in [0.717, 1.165) is 39.7 Å². The number of carbonyl (C=O) groups excluding carboxylic acids is 1. The maximum atomic E-state index is 12.6. The summed E-state index contributed by atoms with van der Waals surface area (Å²) in [4.78, 5) is 29.6. The van der Waals surface area contributed by atoms with Crippen LogP contribution >= 0.6 is 11.3 Å². The molecule has 2 aromatic carbocycles. The minimum Gasteiger partial charge on any atom is -0.465 e. The zero-order valence-corrected chi connectivity index (χ0v) is 18.0. The number of thiazole rings is 1. The van der Waals surface area contributed by atoms with Crippen LogP contribution in [0.25, 0.3) is 10.2 Å². The van der Waals surface area contributed by atoms with Gasteiger partial charge in [-0.25, -0.2) is 4.79 Å². The zero-order chi connectivity index (χ0) is 21.4. The average molecular weight is 431 g/mol. The standard InChI is InChI=1S/C25H22N2O3S/c1-30-24(28)20-13-19(18-8-9-18)14-26-21(20)11-17-7-10-22-23(12-17)31-25(29)27(22)15-16-5-3-2-4-6-16/h2-7,10,12-14,18H,8-9,11,15H2,1H3. The van der Waals surface area contributed by atoms with Crippen molar-refractivity contribution >= 4 is 27.5 Å². The molecule has 4 aromatic rings. The Hall–Kier alpha value is -3.25. The first kappa shape index (κ1) is 19.7. The molecule has 156 valence electrons. The third-order valence-electron chi connectivity index (χ3n) is 5.73. The Morgan fingerprint density at radius 1 is 1.13 bits per heavy atom. The SMILES string of the molecule is COC(=O)c1cc(C2CC2)cnc1Cc1ccc2c(c1)sc(=O)n2Cc1ccccc1. The smallest absolute Gasteiger partial charge is 0.339 e. The topological polar surface area (TPSA) is 61.2 Å². The quantitative estimate of drug-likeness (QED) is 0.414. The lowest BCUT2D eigenvalue weighted by molar-refractivity contribution is 0.0599. The minimum atomic E-state index is -0.357. The molecule has 0 unspecified atom stereocenters. The molecule has 0 radical (unpaired) electrons. The lowest BCUT2D eigenvalue weighted by Gasteiger charge is -2.10. The normalized spacial score (nSPS) is 13.5. The van der Waals surface area contributed by atoms with Crippen LogP contribution in [0.4, 0.5) is 0 Å². The maximum absolute atomic E-state index is 12.6. The molecule has 31 heavy (non-hydrogen) atoms. The predicted octanol–water partition coefficient (Wildman–Crippen LogP) is 4.76. The summed E-state index contributed by atoms with van der Waals surface area (Å²) in [6.07, 6.45) is 4.69. The van der Waals surface area contributed by atoms with Crippen LogP contribution < -0.4 is 4.87 Å². The first-order valence-corrected chi connectivity index (χ1v) is 11.2. The summed E-state index contributed by atoms with van der Waals surface area (Å²) < 4.78 is 7.74. The highest BCUT2D eigenvalue weighted by molar-refractivity contribution is 7.16. The van der Waals surface area contributed by atoms with Crippen molar-refractivity contribution in [1.82, 2.24) is 9.55 Å². The van der Waals surface area contributed by atoms with E-state index in [-0.39, 0.29) is 10.8 Å². The van der Waals surface area contributed by atoms with E-state index in [1.807, 2.05) is 65.4 Å². The van der Waals surface area contributed by atoms with Crippen molar-refractivity contribution in [3.8, 4) is 0 Å². The van der Waals surface area contributed by atoms with Crippen molar-refractivity contribution < 1.29 is 9.53 Å². The van der Waals surface area contributed by atoms with Gasteiger partial charge in [0.1, 0.15) is 0 Å². The number of hydrogen-bond acceptors (Lipinski definition) is 5. The fourth-order valence-corrected chi connectivity index (χ4v) is 4.86. The van der Waals surface area contributed by atoms with Crippen molar-refractivity contribution in [2.75, 3.05) is 7.11 Å². The van der Waals surface area contributed by atoms with Gasteiger partial charge in [-0.2, -0.15) is 0 Å². The molecular formula is C25H22N2O3S. The van der Waals surface area contributed by atoms with Crippen LogP contribution in [0, 0.1) is 0 Å². The molecule has 0 aliphatic heterocycles. The van der Waals surface area contributed by atoms with E-state index in [9.17, 15) is 9.59 Å². The van der Waals surface area contributed by atoms with Gasteiger partial charge < -0.3 is 4.74 Å². The van der Waals surface area contributed by atoms with E-state index in [4.69, 9.17) is 4.74 Å². The number of rotatable bonds is 6. The molecule has 0 bridgehead atoms. The van der Waals surface area contributed by atoms with E-state index in [2.05, 4.69) is 4.98 Å². The van der Waals surface area contributed by atoms with Gasteiger partial charge in [-0.3, -0.25) is 14.3 Å². The van der Waals surface area contributed by atoms with E-state index in [1.165, 1.54) is 18.4 Å². The van der Waals surface area contributed by atoms with Gasteiger partial charge in [-0.05, 0) is 53.6 Å². The van der Waals surface area contributed by atoms with Gasteiger partial charge in [0.15, 0.2) is 0 Å². The maximum Gasteiger partial charge on any atom is 0.339 e. The van der Waals surface area contributed by atoms with Crippen LogP contribution in [-0.2, 0) is 17.7 Å². The highest BCUT2D eigenvalue weighted by atomic mass is 32.1. The monoisotopic (exact) mass is 430 g/mol. The van der Waals surface area contributed by atoms with E-state index in [0.29, 0.717) is 30.1 Å². The van der Waals surface area contributed by atoms with E-state index in [1.54, 1.807) is 0 Å². The fraction of sp³-hybridized carbons (Fsp3) is 0.240. The molecule has 2 aromatic heterocycles. The highest BCUT2D eigenvalue weighted by Crippen LogP contribution is 2.40. The van der Waals surface area contributed by atoms with Crippen LogP contribution in [0.2, 0.25) is 0 Å². The molecule has 2 heterocycles. The molecule has 0 saturated heterocycles. The van der Waals surface area contributed by atoms with Gasteiger partial charge in [0, 0.05) is 12.6 Å². The molecule has 1 saturated carbocycles. The molecule has 1 aliphatic carbocycles. The largest absolute Gasteiger partial charge is 0.465 e. The van der Waals surface area contributed by atoms with Crippen LogP contribution in [0.5, 0.6) is 0 Å². The second-order valence-electron chi connectivity index (χ2n) is 7.95. The van der Waals surface area contributed by atoms with Gasteiger partial charge in [0.2, 0.25) is 0 Å². The lowest BCUT2D eigenvalue weighted by Crippen LogP contribution is -2.13. The Bertz CT molecular complexity index is 1320. The zero-order valence-electron chi connectivity index (χ0n) is 17.2. The molecule has 6 heteroatoms. The number of benzene rings is 2. The van der Waals surface area contributed by atoms with Crippen molar-refractivity contribution in [2.45, 2.75) is 31.7 Å². The molecule has 1 aliphatic rings. The summed E-state index contributed by atoms with van der Waals surface area (Å²) in [6.45, 7) is 0.551. The van der Waals surface area contributed by atoms with E-state index >= 15 is 0 Å². The molecule has 0 N–H and O–H groups in total. The first-order valence-electron chi connectivity index (χ1n) is 10.4. The third kappa shape index (κ3) is 4.03. The first-order chi connectivity index (χ1) is 15.1. The van der Waals surface area contributed by atoms with Gasteiger partial charge in [-0.15, -0.1) is 0 Å². The van der Waals surface area contributed by atoms with Crippen molar-refractivity contribution in [3.05, 3.63) is 98.4 Å². The number of ether oxygens (including phenoxy) is 1. The second kappa shape index (κ2) is 8.12. The number of nitrogens with zero attached hydrogens (tertiary/aromatic N) is 2. The lowest BCUT2D eigenvalue weighted by atomic mass is 10.0. The fourth-order valence-electron chi connectivity index (χ4n) is 3.91. The molecule has 0 spiro atoms. The Kier molecular flexibility index (Phi) is 5.16. The molecular weight excluding hydrogens is 408 g/mol. The predicted molar refractivity (Wildman–Crippen MR) is 122 cm³/mol. The number of carbonyl (C=O) groups is 1. The summed E-state index contributed by atoms with van der Waals surface area (Å²) in [6, 6.07) is 17.9. The Labute approximate surface area is 184 Å². The van der Waals surface area contributed by atoms with Gasteiger partial charge in [0.05, 0.1) is 35.1 Å². The Morgan fingerprint density at radius 2 is 1.94 bits per heavy atom. The Balaban J connectivity index is 1.46. The summed E-state index contributed by atoms with van der Waals surface area (Å²) in [7, 11) is 1.40. The highest BCUT2D eigenvalue weighted by Gasteiger charge is 2.26. The van der Waals surface area contributed by atoms with Crippen molar-refractivity contribution in [2.24, 2.45) is 0 Å². The number of aromatic nitrogens is 2. The number of hydrogen-bond donors (Lipinski definition) is 0. The van der Waals surface area contributed by atoms with Gasteiger partial charge in [-0.1, -0.05) is 47.7 Å². The number of pyridine rings is 1. The van der Waals surface area contributed by atoms with Crippen LogP contribution in [0.3, 0.4) is 0 Å². The van der Waals surface area contributed by atoms with Crippen molar-refractivity contribution in [1.29, 1.82) is 0 Å². The molecule has 1 fully saturated rings. The summed E-state index contributed by atoms with van der Waals surface area (Å²) >= 11 is 1.25. The summed E-state index contributed by atoms with van der Waals surface area (Å²) in [5, 5.41) is 0. The number of methoxy groups -OCH3 is 1.